The van der Waals surface area contributed by atoms with Gasteiger partial charge in [0.25, 0.3) is 5.91 Å². The fourth-order valence-corrected chi connectivity index (χ4v) is 2.14. The predicted octanol–water partition coefficient (Wildman–Crippen LogP) is 3.58. The van der Waals surface area contributed by atoms with Crippen molar-refractivity contribution in [2.75, 3.05) is 10.6 Å². The number of nitrogens with one attached hydrogen (secondary N) is 2. The number of pyridine rings is 1. The molecule has 2 aromatic heterocycles. The minimum absolute atomic E-state index is 0.334. The molecule has 3 aromatic rings. The third-order valence-electron chi connectivity index (χ3n) is 3.29. The maximum Gasteiger partial charge on any atom is 0.257 e. The number of rotatable bonds is 5. The average molecular weight is 333 g/mol. The van der Waals surface area contributed by atoms with Gasteiger partial charge in [-0.1, -0.05) is 12.1 Å². The van der Waals surface area contributed by atoms with E-state index in [1.165, 1.54) is 12.3 Å². The van der Waals surface area contributed by atoms with Gasteiger partial charge in [-0.05, 0) is 42.5 Å². The van der Waals surface area contributed by atoms with Crippen molar-refractivity contribution in [1.29, 1.82) is 0 Å². The molecule has 124 valence electrons. The third-order valence-corrected chi connectivity index (χ3v) is 3.29. The molecule has 0 saturated carbocycles. The van der Waals surface area contributed by atoms with Gasteiger partial charge in [-0.25, -0.2) is 0 Å². The van der Waals surface area contributed by atoms with Crippen LogP contribution in [0.15, 0.2) is 77.7 Å². The Bertz CT molecular complexity index is 887. The Morgan fingerprint density at radius 3 is 2.64 bits per heavy atom. The van der Waals surface area contributed by atoms with Crippen LogP contribution in [0.2, 0.25) is 0 Å². The molecule has 25 heavy (non-hydrogen) atoms. The highest BCUT2D eigenvalue weighted by molar-refractivity contribution is 6.11. The Morgan fingerprint density at radius 2 is 1.88 bits per heavy atom. The van der Waals surface area contributed by atoms with Crippen molar-refractivity contribution in [2.24, 2.45) is 0 Å². The molecule has 6 nitrogen and oxygen atoms in total. The van der Waals surface area contributed by atoms with E-state index in [0.717, 1.165) is 0 Å². The largest absolute Gasteiger partial charge is 0.465 e. The van der Waals surface area contributed by atoms with Gasteiger partial charge in [0.1, 0.15) is 5.76 Å². The standard InChI is InChI=1S/C19H15N3O3/c23-18(10-9-15-6-4-12-25-15)22-17-8-2-1-7-16(17)19(24)21-14-5-3-11-20-13-14/h1-13H,(H,21,24)(H,22,23)/b10-9+. The fourth-order valence-electron chi connectivity index (χ4n) is 2.14. The number of furan rings is 1. The Hall–Kier alpha value is -3.67. The minimum Gasteiger partial charge on any atom is -0.465 e. The molecule has 2 amide bonds. The predicted molar refractivity (Wildman–Crippen MR) is 95.0 cm³/mol. The number of aromatic nitrogens is 1. The molecule has 0 radical (unpaired) electrons. The summed E-state index contributed by atoms with van der Waals surface area (Å²) in [6.07, 6.45) is 7.58. The first-order chi connectivity index (χ1) is 12.2. The van der Waals surface area contributed by atoms with Gasteiger partial charge in [0, 0.05) is 12.3 Å². The van der Waals surface area contributed by atoms with E-state index < -0.39 is 0 Å². The van der Waals surface area contributed by atoms with Crippen molar-refractivity contribution in [2.45, 2.75) is 0 Å². The monoisotopic (exact) mass is 333 g/mol. The number of anilines is 2. The van der Waals surface area contributed by atoms with E-state index in [1.54, 1.807) is 67.0 Å². The average Bonchev–Trinajstić information content (AvgIpc) is 3.15. The maximum absolute atomic E-state index is 12.4. The van der Waals surface area contributed by atoms with Crippen LogP contribution in [0.25, 0.3) is 6.08 Å². The highest BCUT2D eigenvalue weighted by atomic mass is 16.3. The summed E-state index contributed by atoms with van der Waals surface area (Å²) in [5.74, 6) is -0.130. The summed E-state index contributed by atoms with van der Waals surface area (Å²) in [4.78, 5) is 28.4. The van der Waals surface area contributed by atoms with Gasteiger partial charge in [-0.3, -0.25) is 14.6 Å². The first-order valence-electron chi connectivity index (χ1n) is 7.55. The molecule has 0 aliphatic carbocycles. The molecule has 0 aliphatic heterocycles. The number of carbonyl (C=O) groups is 2. The second-order valence-corrected chi connectivity index (χ2v) is 5.08. The first-order valence-corrected chi connectivity index (χ1v) is 7.55. The number of nitrogens with zero attached hydrogens (tertiary/aromatic N) is 1. The zero-order valence-corrected chi connectivity index (χ0v) is 13.2. The molecule has 0 aliphatic rings. The highest BCUT2D eigenvalue weighted by Crippen LogP contribution is 2.17. The molecule has 0 fully saturated rings. The van der Waals surface area contributed by atoms with E-state index in [-0.39, 0.29) is 11.8 Å². The second kappa shape index (κ2) is 7.74. The SMILES string of the molecule is O=C(/C=C/c1ccco1)Nc1ccccc1C(=O)Nc1cccnc1. The van der Waals surface area contributed by atoms with E-state index in [1.807, 2.05) is 0 Å². The summed E-state index contributed by atoms with van der Waals surface area (Å²) in [6.45, 7) is 0. The molecule has 0 spiro atoms. The summed E-state index contributed by atoms with van der Waals surface area (Å²) in [5.41, 5.74) is 1.34. The Kier molecular flexibility index (Phi) is 5.01. The van der Waals surface area contributed by atoms with Crippen molar-refractivity contribution in [3.05, 3.63) is 84.6 Å². The van der Waals surface area contributed by atoms with Gasteiger partial charge < -0.3 is 15.1 Å². The number of amides is 2. The summed E-state index contributed by atoms with van der Waals surface area (Å²) < 4.78 is 5.13. The zero-order valence-electron chi connectivity index (χ0n) is 13.2. The number of carbonyl (C=O) groups excluding carboxylic acids is 2. The van der Waals surface area contributed by atoms with Crippen molar-refractivity contribution in [3.63, 3.8) is 0 Å². The van der Waals surface area contributed by atoms with Gasteiger partial charge in [0.15, 0.2) is 0 Å². The van der Waals surface area contributed by atoms with Crippen LogP contribution in [0, 0.1) is 0 Å². The van der Waals surface area contributed by atoms with Crippen LogP contribution >= 0.6 is 0 Å². The van der Waals surface area contributed by atoms with Crippen LogP contribution in [-0.2, 0) is 4.79 Å². The molecule has 1 aromatic carbocycles. The van der Waals surface area contributed by atoms with Crippen LogP contribution in [0.1, 0.15) is 16.1 Å². The zero-order chi connectivity index (χ0) is 17.5. The van der Waals surface area contributed by atoms with Gasteiger partial charge in [-0.2, -0.15) is 0 Å². The topological polar surface area (TPSA) is 84.2 Å². The third kappa shape index (κ3) is 4.42. The maximum atomic E-state index is 12.4. The smallest absolute Gasteiger partial charge is 0.257 e. The lowest BCUT2D eigenvalue weighted by Crippen LogP contribution is -2.17. The van der Waals surface area contributed by atoms with Gasteiger partial charge in [0.2, 0.25) is 5.91 Å². The molecular formula is C19H15N3O3. The number of hydrogen-bond donors (Lipinski definition) is 2. The normalized spacial score (nSPS) is 10.6. The summed E-state index contributed by atoms with van der Waals surface area (Å²) in [7, 11) is 0. The second-order valence-electron chi connectivity index (χ2n) is 5.08. The van der Waals surface area contributed by atoms with Crippen LogP contribution in [0.5, 0.6) is 0 Å². The molecule has 2 heterocycles. The van der Waals surface area contributed by atoms with E-state index in [9.17, 15) is 9.59 Å². The fraction of sp³-hybridized carbons (Fsp3) is 0. The molecule has 3 rings (SSSR count). The molecule has 0 saturated heterocycles. The molecule has 2 N–H and O–H groups in total. The number of benzene rings is 1. The van der Waals surface area contributed by atoms with E-state index in [0.29, 0.717) is 22.7 Å². The van der Waals surface area contributed by atoms with Crippen molar-refractivity contribution in [1.82, 2.24) is 4.98 Å². The van der Waals surface area contributed by atoms with Crippen LogP contribution in [0.3, 0.4) is 0 Å². The van der Waals surface area contributed by atoms with E-state index in [4.69, 9.17) is 4.42 Å². The van der Waals surface area contributed by atoms with Crippen LogP contribution in [0.4, 0.5) is 11.4 Å². The lowest BCUT2D eigenvalue weighted by molar-refractivity contribution is -0.111. The van der Waals surface area contributed by atoms with Crippen molar-refractivity contribution in [3.8, 4) is 0 Å². The molecule has 0 atom stereocenters. The Morgan fingerprint density at radius 1 is 1.00 bits per heavy atom. The van der Waals surface area contributed by atoms with E-state index >= 15 is 0 Å². The summed E-state index contributed by atoms with van der Waals surface area (Å²) >= 11 is 0. The summed E-state index contributed by atoms with van der Waals surface area (Å²) in [5, 5.41) is 5.44. The minimum atomic E-state index is -0.363. The molecule has 0 bridgehead atoms. The van der Waals surface area contributed by atoms with Crippen LogP contribution in [-0.4, -0.2) is 16.8 Å². The van der Waals surface area contributed by atoms with E-state index in [2.05, 4.69) is 15.6 Å². The Balaban J connectivity index is 1.72. The summed E-state index contributed by atoms with van der Waals surface area (Å²) in [6, 6.07) is 13.7. The van der Waals surface area contributed by atoms with Crippen LogP contribution < -0.4 is 10.6 Å². The van der Waals surface area contributed by atoms with Gasteiger partial charge in [0.05, 0.1) is 29.4 Å². The lowest BCUT2D eigenvalue weighted by atomic mass is 10.1. The number of hydrogen-bond acceptors (Lipinski definition) is 4. The molecule has 6 heteroatoms. The Labute approximate surface area is 144 Å². The van der Waals surface area contributed by atoms with Gasteiger partial charge >= 0.3 is 0 Å². The van der Waals surface area contributed by atoms with Crippen molar-refractivity contribution >= 4 is 29.3 Å². The first kappa shape index (κ1) is 16.2. The molecule has 0 unspecified atom stereocenters. The van der Waals surface area contributed by atoms with Crippen molar-refractivity contribution < 1.29 is 14.0 Å². The van der Waals surface area contributed by atoms with Gasteiger partial charge in [-0.15, -0.1) is 0 Å². The lowest BCUT2D eigenvalue weighted by Gasteiger charge is -2.10. The quantitative estimate of drug-likeness (QED) is 0.699. The number of para-hydroxylation sites is 1. The molecular weight excluding hydrogens is 318 g/mol. The highest BCUT2D eigenvalue weighted by Gasteiger charge is 2.12.